The van der Waals surface area contributed by atoms with Gasteiger partial charge in [0, 0.05) is 31.9 Å². The molecule has 1 fully saturated rings. The second kappa shape index (κ2) is 7.04. The maximum absolute atomic E-state index is 13.5. The Morgan fingerprint density at radius 1 is 1.35 bits per heavy atom. The van der Waals surface area contributed by atoms with E-state index in [1.165, 1.54) is 25.9 Å². The van der Waals surface area contributed by atoms with Crippen LogP contribution >= 0.6 is 0 Å². The molecule has 112 valence electrons. The Balaban J connectivity index is 2.05. The molecule has 3 nitrogen and oxygen atoms in total. The zero-order valence-corrected chi connectivity index (χ0v) is 12.8. The highest BCUT2D eigenvalue weighted by Gasteiger charge is 2.16. The van der Waals surface area contributed by atoms with Crippen LogP contribution in [0.2, 0.25) is 0 Å². The summed E-state index contributed by atoms with van der Waals surface area (Å²) in [5.74, 6) is -0.168. The third-order valence-corrected chi connectivity index (χ3v) is 4.25. The van der Waals surface area contributed by atoms with E-state index < -0.39 is 0 Å². The van der Waals surface area contributed by atoms with Crippen LogP contribution in [-0.4, -0.2) is 45.2 Å². The number of nitrogens with zero attached hydrogens (tertiary/aromatic N) is 2. The molecule has 1 aliphatic rings. The summed E-state index contributed by atoms with van der Waals surface area (Å²) in [7, 11) is 4.00. The third-order valence-electron chi connectivity index (χ3n) is 4.25. The van der Waals surface area contributed by atoms with Gasteiger partial charge in [-0.1, -0.05) is 0 Å². The molecule has 0 saturated carbocycles. The summed E-state index contributed by atoms with van der Waals surface area (Å²) >= 11 is 0. The maximum atomic E-state index is 13.5. The predicted molar refractivity (Wildman–Crippen MR) is 82.8 cm³/mol. The molecule has 1 unspecified atom stereocenters. The number of nitrogens with one attached hydrogen (secondary N) is 1. The first-order valence-corrected chi connectivity index (χ1v) is 7.52. The molecule has 1 N–H and O–H groups in total. The van der Waals surface area contributed by atoms with Gasteiger partial charge in [-0.3, -0.25) is 0 Å². The van der Waals surface area contributed by atoms with Crippen LogP contribution in [-0.2, 0) is 0 Å². The molecule has 20 heavy (non-hydrogen) atoms. The van der Waals surface area contributed by atoms with Crippen molar-refractivity contribution in [2.24, 2.45) is 0 Å². The van der Waals surface area contributed by atoms with E-state index in [4.69, 9.17) is 0 Å². The number of hydrogen-bond acceptors (Lipinski definition) is 3. The van der Waals surface area contributed by atoms with E-state index in [9.17, 15) is 4.39 Å². The van der Waals surface area contributed by atoms with Crippen LogP contribution in [0.1, 0.15) is 31.4 Å². The second-order valence-electron chi connectivity index (χ2n) is 5.68. The minimum atomic E-state index is -0.168. The number of anilines is 1. The smallest absolute Gasteiger partial charge is 0.123 e. The number of likely N-dealkylation sites (N-methyl/N-ethyl adjacent to an activating group) is 1. The predicted octanol–water partition coefficient (Wildman–Crippen LogP) is 2.64. The molecule has 2 rings (SSSR count). The molecule has 1 heterocycles. The largest absolute Gasteiger partial charge is 0.373 e. The zero-order valence-electron chi connectivity index (χ0n) is 12.8. The van der Waals surface area contributed by atoms with Crippen molar-refractivity contribution in [1.29, 1.82) is 0 Å². The first kappa shape index (κ1) is 15.3. The first-order valence-electron chi connectivity index (χ1n) is 7.52. The highest BCUT2D eigenvalue weighted by Crippen LogP contribution is 2.26. The van der Waals surface area contributed by atoms with Crippen molar-refractivity contribution >= 4 is 5.69 Å². The Morgan fingerprint density at radius 2 is 2.05 bits per heavy atom. The maximum Gasteiger partial charge on any atom is 0.123 e. The van der Waals surface area contributed by atoms with Gasteiger partial charge in [-0.25, -0.2) is 4.39 Å². The summed E-state index contributed by atoms with van der Waals surface area (Å²) in [6, 6.07) is 5.23. The Labute approximate surface area is 121 Å². The molecule has 0 aromatic heterocycles. The topological polar surface area (TPSA) is 18.5 Å². The Morgan fingerprint density at radius 3 is 2.70 bits per heavy atom. The van der Waals surface area contributed by atoms with Crippen LogP contribution in [0.3, 0.4) is 0 Å². The fourth-order valence-corrected chi connectivity index (χ4v) is 2.79. The molecule has 1 saturated heterocycles. The Kier molecular flexibility index (Phi) is 5.38. The number of benzene rings is 1. The van der Waals surface area contributed by atoms with E-state index >= 15 is 0 Å². The van der Waals surface area contributed by atoms with E-state index in [0.29, 0.717) is 0 Å². The summed E-state index contributed by atoms with van der Waals surface area (Å²) in [5, 5.41) is 3.20. The van der Waals surface area contributed by atoms with Crippen LogP contribution in [0, 0.1) is 5.82 Å². The van der Waals surface area contributed by atoms with Gasteiger partial charge in [-0.2, -0.15) is 0 Å². The second-order valence-corrected chi connectivity index (χ2v) is 5.68. The van der Waals surface area contributed by atoms with E-state index in [-0.39, 0.29) is 11.9 Å². The fraction of sp³-hybridized carbons (Fsp3) is 0.625. The van der Waals surface area contributed by atoms with Gasteiger partial charge in [-0.15, -0.1) is 0 Å². The fourth-order valence-electron chi connectivity index (χ4n) is 2.79. The van der Waals surface area contributed by atoms with E-state index in [2.05, 4.69) is 29.1 Å². The van der Waals surface area contributed by atoms with Crippen molar-refractivity contribution in [3.05, 3.63) is 29.6 Å². The minimum absolute atomic E-state index is 0.148. The van der Waals surface area contributed by atoms with Gasteiger partial charge in [0.05, 0.1) is 0 Å². The Hall–Kier alpha value is -1.13. The summed E-state index contributed by atoms with van der Waals surface area (Å²) in [5.41, 5.74) is 2.14. The van der Waals surface area contributed by atoms with Crippen LogP contribution in [0.4, 0.5) is 10.1 Å². The molecule has 1 atom stereocenters. The van der Waals surface area contributed by atoms with Crippen molar-refractivity contribution in [1.82, 2.24) is 10.2 Å². The molecular formula is C16H26FN3. The van der Waals surface area contributed by atoms with Gasteiger partial charge in [0.25, 0.3) is 0 Å². The monoisotopic (exact) mass is 279 g/mol. The lowest BCUT2D eigenvalue weighted by Gasteiger charge is -2.27. The average molecular weight is 279 g/mol. The zero-order chi connectivity index (χ0) is 14.5. The van der Waals surface area contributed by atoms with Crippen molar-refractivity contribution in [2.75, 3.05) is 45.2 Å². The first-order chi connectivity index (χ1) is 9.61. The lowest BCUT2D eigenvalue weighted by molar-refractivity contribution is 0.346. The molecule has 0 spiro atoms. The van der Waals surface area contributed by atoms with Crippen molar-refractivity contribution in [3.8, 4) is 0 Å². The molecule has 0 radical (unpaired) electrons. The van der Waals surface area contributed by atoms with Gasteiger partial charge >= 0.3 is 0 Å². The van der Waals surface area contributed by atoms with Crippen molar-refractivity contribution in [3.63, 3.8) is 0 Å². The number of halogens is 1. The van der Waals surface area contributed by atoms with Crippen LogP contribution < -0.4 is 10.2 Å². The van der Waals surface area contributed by atoms with Gasteiger partial charge in [0.2, 0.25) is 0 Å². The summed E-state index contributed by atoms with van der Waals surface area (Å²) in [6.45, 7) is 6.57. The highest BCUT2D eigenvalue weighted by molar-refractivity contribution is 5.54. The van der Waals surface area contributed by atoms with E-state index in [0.717, 1.165) is 24.3 Å². The quantitative estimate of drug-likeness (QED) is 0.863. The lowest BCUT2D eigenvalue weighted by Crippen LogP contribution is -2.32. The molecular weight excluding hydrogens is 253 g/mol. The standard InChI is InChI=1S/C16H26FN3/c1-13(18-2)15-12-14(17)6-7-16(15)19(3)10-11-20-8-4-5-9-20/h6-7,12-13,18H,4-5,8-11H2,1-3H3. The number of likely N-dealkylation sites (tertiary alicyclic amines) is 1. The molecule has 1 aliphatic heterocycles. The van der Waals surface area contributed by atoms with Gasteiger partial charge < -0.3 is 15.1 Å². The molecule has 1 aromatic carbocycles. The molecule has 0 aliphatic carbocycles. The van der Waals surface area contributed by atoms with E-state index in [1.54, 1.807) is 12.1 Å². The van der Waals surface area contributed by atoms with Crippen LogP contribution in [0.5, 0.6) is 0 Å². The highest BCUT2D eigenvalue weighted by atomic mass is 19.1. The third kappa shape index (κ3) is 3.70. The molecule has 4 heteroatoms. The van der Waals surface area contributed by atoms with Gasteiger partial charge in [0.15, 0.2) is 0 Å². The number of rotatable bonds is 6. The number of hydrogen-bond donors (Lipinski definition) is 1. The van der Waals surface area contributed by atoms with E-state index in [1.807, 2.05) is 13.1 Å². The van der Waals surface area contributed by atoms with Crippen LogP contribution in [0.15, 0.2) is 18.2 Å². The van der Waals surface area contributed by atoms with Crippen LogP contribution in [0.25, 0.3) is 0 Å². The summed E-state index contributed by atoms with van der Waals surface area (Å²) < 4.78 is 13.5. The normalized spacial score (nSPS) is 17.4. The molecule has 0 bridgehead atoms. The SMILES string of the molecule is CNC(C)c1cc(F)ccc1N(C)CCN1CCCC1. The average Bonchev–Trinajstić information content (AvgIpc) is 2.97. The Bertz CT molecular complexity index is 430. The summed E-state index contributed by atoms with van der Waals surface area (Å²) in [6.07, 6.45) is 2.64. The lowest BCUT2D eigenvalue weighted by atomic mass is 10.1. The summed E-state index contributed by atoms with van der Waals surface area (Å²) in [4.78, 5) is 4.74. The van der Waals surface area contributed by atoms with Crippen molar-refractivity contribution in [2.45, 2.75) is 25.8 Å². The van der Waals surface area contributed by atoms with Crippen molar-refractivity contribution < 1.29 is 4.39 Å². The minimum Gasteiger partial charge on any atom is -0.373 e. The molecule has 0 amide bonds. The molecule has 1 aromatic rings. The van der Waals surface area contributed by atoms with Gasteiger partial charge in [0.1, 0.15) is 5.82 Å². The van der Waals surface area contributed by atoms with Gasteiger partial charge in [-0.05, 0) is 63.7 Å².